The zero-order valence-corrected chi connectivity index (χ0v) is 16.5. The fourth-order valence-corrected chi connectivity index (χ4v) is 3.67. The summed E-state index contributed by atoms with van der Waals surface area (Å²) in [5.41, 5.74) is 2.06. The summed E-state index contributed by atoms with van der Waals surface area (Å²) >= 11 is 6.09. The number of benzene rings is 2. The molecule has 2 aromatic carbocycles. The number of nitrogens with zero attached hydrogens (tertiary/aromatic N) is 5. The van der Waals surface area contributed by atoms with E-state index in [1.165, 1.54) is 0 Å². The Kier molecular flexibility index (Phi) is 5.30. The molecule has 4 rings (SSSR count). The zero-order chi connectivity index (χ0) is 19.5. The summed E-state index contributed by atoms with van der Waals surface area (Å²) in [5.74, 6) is 1.45. The van der Waals surface area contributed by atoms with Gasteiger partial charge in [0.2, 0.25) is 5.91 Å². The highest BCUT2D eigenvalue weighted by Crippen LogP contribution is 2.21. The Morgan fingerprint density at radius 3 is 2.50 bits per heavy atom. The van der Waals surface area contributed by atoms with E-state index in [1.54, 1.807) is 4.68 Å². The van der Waals surface area contributed by atoms with Crippen LogP contribution in [-0.4, -0.2) is 51.8 Å². The van der Waals surface area contributed by atoms with Gasteiger partial charge in [-0.3, -0.25) is 4.79 Å². The van der Waals surface area contributed by atoms with Gasteiger partial charge in [-0.2, -0.15) is 5.10 Å². The Labute approximate surface area is 169 Å². The van der Waals surface area contributed by atoms with Gasteiger partial charge in [0.25, 0.3) is 0 Å². The molecule has 7 heteroatoms. The Morgan fingerprint density at radius 1 is 1.04 bits per heavy atom. The summed E-state index contributed by atoms with van der Waals surface area (Å²) in [6.45, 7) is 4.97. The van der Waals surface area contributed by atoms with Gasteiger partial charge in [-0.05, 0) is 25.1 Å². The number of amides is 1. The Bertz CT molecular complexity index is 964. The number of piperazine rings is 1. The molecule has 0 unspecified atom stereocenters. The Balaban J connectivity index is 1.42. The van der Waals surface area contributed by atoms with E-state index in [0.29, 0.717) is 18.9 Å². The molecule has 1 aliphatic heterocycles. The van der Waals surface area contributed by atoms with Crippen molar-refractivity contribution in [2.75, 3.05) is 31.1 Å². The van der Waals surface area contributed by atoms with Crippen LogP contribution in [0, 0.1) is 6.92 Å². The van der Waals surface area contributed by atoms with E-state index < -0.39 is 0 Å². The lowest BCUT2D eigenvalue weighted by Crippen LogP contribution is -2.49. The van der Waals surface area contributed by atoms with E-state index in [0.717, 1.165) is 35.2 Å². The van der Waals surface area contributed by atoms with Gasteiger partial charge in [0, 0.05) is 42.5 Å². The second kappa shape index (κ2) is 8.02. The highest BCUT2D eigenvalue weighted by Gasteiger charge is 2.23. The molecule has 0 spiro atoms. The second-order valence-electron chi connectivity index (χ2n) is 6.85. The maximum atomic E-state index is 12.9. The van der Waals surface area contributed by atoms with Crippen molar-refractivity contribution in [3.05, 3.63) is 65.4 Å². The lowest BCUT2D eigenvalue weighted by atomic mass is 10.2. The van der Waals surface area contributed by atoms with Gasteiger partial charge >= 0.3 is 0 Å². The summed E-state index contributed by atoms with van der Waals surface area (Å²) < 4.78 is 1.70. The quantitative estimate of drug-likeness (QED) is 0.680. The number of rotatable bonds is 4. The number of carbonyl (C=O) groups is 1. The van der Waals surface area contributed by atoms with Crippen molar-refractivity contribution in [1.82, 2.24) is 19.7 Å². The Hall–Kier alpha value is -2.86. The molecular weight excluding hydrogens is 374 g/mol. The third kappa shape index (κ3) is 4.02. The van der Waals surface area contributed by atoms with Crippen molar-refractivity contribution in [1.29, 1.82) is 0 Å². The van der Waals surface area contributed by atoms with Crippen molar-refractivity contribution >= 4 is 23.2 Å². The maximum Gasteiger partial charge on any atom is 0.244 e. The van der Waals surface area contributed by atoms with Crippen LogP contribution in [0.3, 0.4) is 0 Å². The molecular formula is C21H22ClN5O. The molecule has 0 aliphatic carbocycles. The summed E-state index contributed by atoms with van der Waals surface area (Å²) in [5, 5.41) is 5.15. The monoisotopic (exact) mass is 395 g/mol. The third-order valence-electron chi connectivity index (χ3n) is 4.90. The first-order valence-corrected chi connectivity index (χ1v) is 9.73. The molecule has 1 aliphatic rings. The molecule has 0 saturated carbocycles. The summed E-state index contributed by atoms with van der Waals surface area (Å²) in [6, 6.07) is 17.7. The number of aromatic nitrogens is 3. The Morgan fingerprint density at radius 2 is 1.79 bits per heavy atom. The average molecular weight is 396 g/mol. The van der Waals surface area contributed by atoms with Crippen LogP contribution in [0.25, 0.3) is 11.4 Å². The SMILES string of the molecule is Cc1nc(-c2ccccc2)n(CC(=O)N2CCN(c3cccc(Cl)c3)CC2)n1. The third-order valence-corrected chi connectivity index (χ3v) is 5.14. The summed E-state index contributed by atoms with van der Waals surface area (Å²) in [7, 11) is 0. The minimum Gasteiger partial charge on any atom is -0.368 e. The largest absolute Gasteiger partial charge is 0.368 e. The van der Waals surface area contributed by atoms with Gasteiger partial charge < -0.3 is 9.80 Å². The van der Waals surface area contributed by atoms with Crippen molar-refractivity contribution in [2.24, 2.45) is 0 Å². The standard InChI is InChI=1S/C21H22ClN5O/c1-16-23-21(17-6-3-2-4-7-17)27(24-16)15-20(28)26-12-10-25(11-13-26)19-9-5-8-18(22)14-19/h2-9,14H,10-13,15H2,1H3. The van der Waals surface area contributed by atoms with E-state index in [2.05, 4.69) is 15.0 Å². The summed E-state index contributed by atoms with van der Waals surface area (Å²) in [4.78, 5) is 21.5. The first-order valence-electron chi connectivity index (χ1n) is 9.35. The maximum absolute atomic E-state index is 12.9. The van der Waals surface area contributed by atoms with Gasteiger partial charge in [0.15, 0.2) is 5.82 Å². The number of anilines is 1. The van der Waals surface area contributed by atoms with E-state index in [4.69, 9.17) is 11.6 Å². The van der Waals surface area contributed by atoms with Gasteiger partial charge in [0.05, 0.1) is 0 Å². The first-order chi connectivity index (χ1) is 13.6. The topological polar surface area (TPSA) is 54.3 Å². The number of carbonyl (C=O) groups excluding carboxylic acids is 1. The summed E-state index contributed by atoms with van der Waals surface area (Å²) in [6.07, 6.45) is 0. The highest BCUT2D eigenvalue weighted by molar-refractivity contribution is 6.30. The van der Waals surface area contributed by atoms with Crippen molar-refractivity contribution in [3.63, 3.8) is 0 Å². The van der Waals surface area contributed by atoms with Crippen molar-refractivity contribution < 1.29 is 4.79 Å². The van der Waals surface area contributed by atoms with Crippen LogP contribution in [0.2, 0.25) is 5.02 Å². The van der Waals surface area contributed by atoms with Crippen LogP contribution in [-0.2, 0) is 11.3 Å². The molecule has 1 aromatic heterocycles. The zero-order valence-electron chi connectivity index (χ0n) is 15.8. The molecule has 2 heterocycles. The molecule has 0 radical (unpaired) electrons. The van der Waals surface area contributed by atoms with Gasteiger partial charge in [-0.25, -0.2) is 9.67 Å². The molecule has 6 nitrogen and oxygen atoms in total. The molecule has 3 aromatic rings. The molecule has 144 valence electrons. The molecule has 0 atom stereocenters. The van der Waals surface area contributed by atoms with Crippen LogP contribution in [0.4, 0.5) is 5.69 Å². The van der Waals surface area contributed by atoms with Gasteiger partial charge in [0.1, 0.15) is 12.4 Å². The van der Waals surface area contributed by atoms with Crippen LogP contribution >= 0.6 is 11.6 Å². The molecule has 1 saturated heterocycles. The number of hydrogen-bond donors (Lipinski definition) is 0. The molecule has 1 fully saturated rings. The first kappa shape index (κ1) is 18.5. The van der Waals surface area contributed by atoms with E-state index in [9.17, 15) is 4.79 Å². The fraction of sp³-hybridized carbons (Fsp3) is 0.286. The van der Waals surface area contributed by atoms with Crippen LogP contribution in [0.15, 0.2) is 54.6 Å². The number of hydrogen-bond acceptors (Lipinski definition) is 4. The van der Waals surface area contributed by atoms with Crippen LogP contribution < -0.4 is 4.90 Å². The van der Waals surface area contributed by atoms with E-state index >= 15 is 0 Å². The smallest absolute Gasteiger partial charge is 0.244 e. The minimum absolute atomic E-state index is 0.0628. The predicted molar refractivity (Wildman–Crippen MR) is 110 cm³/mol. The van der Waals surface area contributed by atoms with Crippen LogP contribution in [0.1, 0.15) is 5.82 Å². The normalized spacial score (nSPS) is 14.4. The lowest BCUT2D eigenvalue weighted by Gasteiger charge is -2.36. The predicted octanol–water partition coefficient (Wildman–Crippen LogP) is 3.26. The molecule has 28 heavy (non-hydrogen) atoms. The molecule has 0 bridgehead atoms. The van der Waals surface area contributed by atoms with E-state index in [1.807, 2.05) is 66.4 Å². The fourth-order valence-electron chi connectivity index (χ4n) is 3.48. The highest BCUT2D eigenvalue weighted by atomic mass is 35.5. The van der Waals surface area contributed by atoms with Gasteiger partial charge in [-0.1, -0.05) is 48.0 Å². The van der Waals surface area contributed by atoms with Crippen molar-refractivity contribution in [2.45, 2.75) is 13.5 Å². The van der Waals surface area contributed by atoms with Gasteiger partial charge in [-0.15, -0.1) is 0 Å². The lowest BCUT2D eigenvalue weighted by molar-refractivity contribution is -0.132. The minimum atomic E-state index is 0.0628. The number of halogens is 1. The van der Waals surface area contributed by atoms with Crippen LogP contribution in [0.5, 0.6) is 0 Å². The molecule has 1 amide bonds. The van der Waals surface area contributed by atoms with E-state index in [-0.39, 0.29) is 12.5 Å². The second-order valence-corrected chi connectivity index (χ2v) is 7.29. The molecule has 0 N–H and O–H groups in total. The average Bonchev–Trinajstić information content (AvgIpc) is 3.09. The van der Waals surface area contributed by atoms with Crippen molar-refractivity contribution in [3.8, 4) is 11.4 Å². The number of aryl methyl sites for hydroxylation is 1.